The highest BCUT2D eigenvalue weighted by Gasteiger charge is 2.41. The van der Waals surface area contributed by atoms with Crippen molar-refractivity contribution >= 4 is 5.69 Å². The summed E-state index contributed by atoms with van der Waals surface area (Å²) in [5, 5.41) is 0. The maximum atomic E-state index is 6.30. The van der Waals surface area contributed by atoms with E-state index < -0.39 is 0 Å². The Kier molecular flexibility index (Phi) is 4.68. The lowest BCUT2D eigenvalue weighted by atomic mass is 9.61. The summed E-state index contributed by atoms with van der Waals surface area (Å²) >= 11 is 0. The Bertz CT molecular complexity index is 928. The van der Waals surface area contributed by atoms with E-state index in [4.69, 9.17) is 5.73 Å². The first-order valence-corrected chi connectivity index (χ1v) is 9.56. The molecule has 0 unspecified atom stereocenters. The molecule has 3 aromatic carbocycles. The molecule has 0 spiro atoms. The van der Waals surface area contributed by atoms with Crippen molar-refractivity contribution < 1.29 is 0 Å². The van der Waals surface area contributed by atoms with E-state index in [2.05, 4.69) is 104 Å². The lowest BCUT2D eigenvalue weighted by molar-refractivity contribution is 0.479. The van der Waals surface area contributed by atoms with Crippen LogP contribution in [0.1, 0.15) is 29.2 Å². The largest absolute Gasteiger partial charge is 0.399 e. The predicted molar refractivity (Wildman–Crippen MR) is 115 cm³/mol. The lowest BCUT2D eigenvalue weighted by Gasteiger charge is -2.41. The van der Waals surface area contributed by atoms with Gasteiger partial charge in [-0.15, -0.1) is 0 Å². The number of nitrogen functional groups attached to an aromatic ring is 1. The number of allylic oxidation sites excluding steroid dienone is 4. The van der Waals surface area contributed by atoms with Crippen molar-refractivity contribution in [2.75, 3.05) is 5.73 Å². The number of anilines is 1. The van der Waals surface area contributed by atoms with Gasteiger partial charge in [-0.2, -0.15) is 0 Å². The van der Waals surface area contributed by atoms with Gasteiger partial charge in [0.1, 0.15) is 0 Å². The summed E-state index contributed by atoms with van der Waals surface area (Å²) < 4.78 is 0. The highest BCUT2D eigenvalue weighted by atomic mass is 14.6. The quantitative estimate of drug-likeness (QED) is 0.571. The first kappa shape index (κ1) is 17.4. The lowest BCUT2D eigenvalue weighted by Crippen LogP contribution is -2.36. The Morgan fingerprint density at radius 3 is 2.07 bits per heavy atom. The molecule has 3 aromatic rings. The molecule has 1 heteroatoms. The summed E-state index contributed by atoms with van der Waals surface area (Å²) in [6, 6.07) is 28.1. The molecule has 1 atom stereocenters. The fraction of sp³-hybridized carbons (Fsp3) is 0.154. The van der Waals surface area contributed by atoms with Crippen molar-refractivity contribution in [3.63, 3.8) is 0 Å². The zero-order valence-corrected chi connectivity index (χ0v) is 15.7. The van der Waals surface area contributed by atoms with Crippen LogP contribution in [-0.4, -0.2) is 0 Å². The number of fused-ring (bicyclic) bond motifs is 1. The normalized spacial score (nSPS) is 20.6. The third kappa shape index (κ3) is 3.00. The van der Waals surface area contributed by atoms with E-state index in [1.165, 1.54) is 22.3 Å². The minimum absolute atomic E-state index is 0.255. The summed E-state index contributed by atoms with van der Waals surface area (Å²) in [6.07, 6.45) is 9.77. The van der Waals surface area contributed by atoms with E-state index in [1.807, 2.05) is 6.07 Å². The predicted octanol–water partition coefficient (Wildman–Crippen LogP) is 5.91. The van der Waals surface area contributed by atoms with Gasteiger partial charge < -0.3 is 5.73 Å². The molecule has 0 saturated carbocycles. The summed E-state index contributed by atoms with van der Waals surface area (Å²) in [5.74, 6) is 0.255. The molecular weight excluding hydrogens is 326 g/mol. The molecule has 0 radical (unpaired) electrons. The van der Waals surface area contributed by atoms with Crippen molar-refractivity contribution in [3.05, 3.63) is 125 Å². The van der Waals surface area contributed by atoms with Crippen LogP contribution in [0.4, 0.5) is 5.69 Å². The smallest absolute Gasteiger partial charge is 0.0514 e. The molecule has 1 nitrogen and oxygen atoms in total. The molecule has 0 amide bonds. The van der Waals surface area contributed by atoms with Crippen LogP contribution in [0.3, 0.4) is 0 Å². The van der Waals surface area contributed by atoms with Gasteiger partial charge in [-0.25, -0.2) is 0 Å². The van der Waals surface area contributed by atoms with Gasteiger partial charge in [-0.1, -0.05) is 98.0 Å². The molecule has 4 rings (SSSR count). The topological polar surface area (TPSA) is 26.0 Å². The van der Waals surface area contributed by atoms with Crippen LogP contribution in [0.2, 0.25) is 0 Å². The van der Waals surface area contributed by atoms with Crippen LogP contribution < -0.4 is 5.73 Å². The minimum atomic E-state index is -0.296. The third-order valence-electron chi connectivity index (χ3n) is 5.68. The van der Waals surface area contributed by atoms with Gasteiger partial charge in [0.05, 0.1) is 5.41 Å². The zero-order valence-electron chi connectivity index (χ0n) is 15.7. The molecule has 1 aliphatic carbocycles. The maximum absolute atomic E-state index is 6.30. The minimum Gasteiger partial charge on any atom is -0.399 e. The van der Waals surface area contributed by atoms with Gasteiger partial charge in [0, 0.05) is 5.69 Å². The molecule has 0 aliphatic heterocycles. The van der Waals surface area contributed by atoms with Crippen molar-refractivity contribution in [2.45, 2.75) is 18.8 Å². The Labute approximate surface area is 161 Å². The molecule has 0 saturated heterocycles. The van der Waals surface area contributed by atoms with Gasteiger partial charge in [-0.3, -0.25) is 0 Å². The van der Waals surface area contributed by atoms with Crippen LogP contribution in [-0.2, 0) is 11.8 Å². The van der Waals surface area contributed by atoms with Gasteiger partial charge in [0.2, 0.25) is 0 Å². The highest BCUT2D eigenvalue weighted by Crippen LogP contribution is 2.48. The number of nitrogens with two attached hydrogens (primary N) is 1. The van der Waals surface area contributed by atoms with E-state index in [9.17, 15) is 0 Å². The van der Waals surface area contributed by atoms with E-state index in [-0.39, 0.29) is 11.3 Å². The average Bonchev–Trinajstić information content (AvgIpc) is 2.77. The SMILES string of the molecule is C[C@H]1/C=C\C=C/Cc2ccc(N)cc2C1(c1ccccc1)c1ccccc1. The number of hydrogen-bond acceptors (Lipinski definition) is 1. The van der Waals surface area contributed by atoms with Crippen LogP contribution in [0.15, 0.2) is 103 Å². The Morgan fingerprint density at radius 1 is 0.815 bits per heavy atom. The second-order valence-electron chi connectivity index (χ2n) is 7.26. The first-order chi connectivity index (χ1) is 13.2. The van der Waals surface area contributed by atoms with Gasteiger partial charge in [0.25, 0.3) is 0 Å². The zero-order chi connectivity index (χ0) is 18.7. The van der Waals surface area contributed by atoms with Crippen LogP contribution in [0.5, 0.6) is 0 Å². The number of hydrogen-bond donors (Lipinski definition) is 1. The van der Waals surface area contributed by atoms with E-state index in [1.54, 1.807) is 0 Å². The molecule has 0 aromatic heterocycles. The molecule has 0 bridgehead atoms. The second kappa shape index (κ2) is 7.28. The van der Waals surface area contributed by atoms with Crippen molar-refractivity contribution in [3.8, 4) is 0 Å². The maximum Gasteiger partial charge on any atom is 0.0514 e. The monoisotopic (exact) mass is 351 g/mol. The second-order valence-corrected chi connectivity index (χ2v) is 7.26. The highest BCUT2D eigenvalue weighted by molar-refractivity contribution is 5.59. The molecule has 2 N–H and O–H groups in total. The van der Waals surface area contributed by atoms with Crippen molar-refractivity contribution in [1.82, 2.24) is 0 Å². The molecular formula is C26H25N. The van der Waals surface area contributed by atoms with Gasteiger partial charge in [-0.05, 0) is 46.7 Å². The Morgan fingerprint density at radius 2 is 1.44 bits per heavy atom. The molecule has 1 aliphatic rings. The van der Waals surface area contributed by atoms with E-state index >= 15 is 0 Å². The summed E-state index contributed by atoms with van der Waals surface area (Å²) in [6.45, 7) is 2.31. The van der Waals surface area contributed by atoms with Crippen molar-refractivity contribution in [2.24, 2.45) is 5.92 Å². The van der Waals surface area contributed by atoms with Gasteiger partial charge >= 0.3 is 0 Å². The molecule has 27 heavy (non-hydrogen) atoms. The van der Waals surface area contributed by atoms with Crippen molar-refractivity contribution in [1.29, 1.82) is 0 Å². The van der Waals surface area contributed by atoms with Crippen LogP contribution in [0.25, 0.3) is 0 Å². The molecule has 0 fully saturated rings. The van der Waals surface area contributed by atoms with E-state index in [0.717, 1.165) is 12.1 Å². The van der Waals surface area contributed by atoms with Gasteiger partial charge in [0.15, 0.2) is 0 Å². The number of rotatable bonds is 2. The van der Waals surface area contributed by atoms with Crippen LogP contribution >= 0.6 is 0 Å². The Hall–Kier alpha value is -3.06. The average molecular weight is 351 g/mol. The number of benzene rings is 3. The molecule has 0 heterocycles. The fourth-order valence-corrected chi connectivity index (χ4v) is 4.44. The van der Waals surface area contributed by atoms with Crippen LogP contribution in [0, 0.1) is 5.92 Å². The molecule has 134 valence electrons. The Balaban J connectivity index is 2.14. The third-order valence-corrected chi connectivity index (χ3v) is 5.68. The van der Waals surface area contributed by atoms with E-state index in [0.29, 0.717) is 0 Å². The summed E-state index contributed by atoms with van der Waals surface area (Å²) in [5.41, 5.74) is 12.0. The standard InChI is InChI=1S/C26H25N/c1-20-11-5-2-6-12-21-17-18-24(27)19-25(21)26(20,22-13-7-3-8-14-22)23-15-9-4-10-16-23/h2-11,13-20H,12,27H2,1H3/b6-2-,11-5-/t20-/m0/s1. The summed E-state index contributed by atoms with van der Waals surface area (Å²) in [7, 11) is 0. The summed E-state index contributed by atoms with van der Waals surface area (Å²) in [4.78, 5) is 0. The fourth-order valence-electron chi connectivity index (χ4n) is 4.44. The first-order valence-electron chi connectivity index (χ1n) is 9.56.